The third-order valence-corrected chi connectivity index (χ3v) is 3.91. The van der Waals surface area contributed by atoms with E-state index in [0.717, 1.165) is 17.7 Å². The summed E-state index contributed by atoms with van der Waals surface area (Å²) in [7, 11) is 0. The molecule has 0 radical (unpaired) electrons. The van der Waals surface area contributed by atoms with E-state index in [1.165, 1.54) is 5.56 Å². The number of benzene rings is 1. The predicted octanol–water partition coefficient (Wildman–Crippen LogP) is 0.432. The van der Waals surface area contributed by atoms with Crippen molar-refractivity contribution in [2.75, 3.05) is 12.3 Å². The van der Waals surface area contributed by atoms with Gasteiger partial charge in [0.05, 0.1) is 0 Å². The third kappa shape index (κ3) is 2.16. The molecule has 1 saturated heterocycles. The summed E-state index contributed by atoms with van der Waals surface area (Å²) in [6.45, 7) is 1.24. The number of rotatable bonds is 1. The number of nitrogen functional groups attached to an aromatic ring is 1. The van der Waals surface area contributed by atoms with Gasteiger partial charge in [0.2, 0.25) is 11.8 Å². The molecule has 0 unspecified atom stereocenters. The van der Waals surface area contributed by atoms with Gasteiger partial charge in [-0.3, -0.25) is 9.59 Å². The molecule has 100 valence electrons. The molecule has 0 spiro atoms. The molecule has 2 aliphatic heterocycles. The minimum Gasteiger partial charge on any atom is -0.398 e. The highest BCUT2D eigenvalue weighted by Crippen LogP contribution is 2.25. The van der Waals surface area contributed by atoms with Gasteiger partial charge in [-0.1, -0.05) is 12.1 Å². The Kier molecular flexibility index (Phi) is 2.89. The van der Waals surface area contributed by atoms with Crippen LogP contribution in [-0.2, 0) is 22.6 Å². The molecule has 1 aromatic carbocycles. The summed E-state index contributed by atoms with van der Waals surface area (Å²) in [5.74, 6) is -0.0185. The van der Waals surface area contributed by atoms with Gasteiger partial charge in [0.25, 0.3) is 0 Å². The zero-order valence-corrected chi connectivity index (χ0v) is 10.7. The standard InChI is InChI=1S/C14H17N3O2/c15-11-3-1-2-9-6-7-17(8-10(9)11)14(19)12-4-5-13(18)16-12/h1-3,12H,4-8,15H2,(H,16,18)/t12-/m1/s1. The van der Waals surface area contributed by atoms with Crippen molar-refractivity contribution in [3.63, 3.8) is 0 Å². The van der Waals surface area contributed by atoms with Gasteiger partial charge in [0, 0.05) is 25.2 Å². The average molecular weight is 259 g/mol. The zero-order chi connectivity index (χ0) is 13.4. The lowest BCUT2D eigenvalue weighted by Crippen LogP contribution is -2.46. The van der Waals surface area contributed by atoms with E-state index in [1.807, 2.05) is 12.1 Å². The van der Waals surface area contributed by atoms with Crippen LogP contribution in [0.1, 0.15) is 24.0 Å². The van der Waals surface area contributed by atoms with Gasteiger partial charge in [0.1, 0.15) is 6.04 Å². The highest BCUT2D eigenvalue weighted by Gasteiger charge is 2.32. The Labute approximate surface area is 111 Å². The van der Waals surface area contributed by atoms with Crippen molar-refractivity contribution in [2.45, 2.75) is 31.8 Å². The van der Waals surface area contributed by atoms with E-state index in [9.17, 15) is 9.59 Å². The summed E-state index contributed by atoms with van der Waals surface area (Å²) in [5.41, 5.74) is 8.98. The van der Waals surface area contributed by atoms with Crippen molar-refractivity contribution in [3.05, 3.63) is 29.3 Å². The molecule has 19 heavy (non-hydrogen) atoms. The summed E-state index contributed by atoms with van der Waals surface area (Å²) in [6.07, 6.45) is 1.88. The normalized spacial score (nSPS) is 22.0. The molecule has 2 amide bonds. The summed E-state index contributed by atoms with van der Waals surface area (Å²) in [6, 6.07) is 5.52. The van der Waals surface area contributed by atoms with Crippen LogP contribution in [0.2, 0.25) is 0 Å². The molecule has 1 fully saturated rings. The van der Waals surface area contributed by atoms with E-state index in [2.05, 4.69) is 11.4 Å². The third-order valence-electron chi connectivity index (χ3n) is 3.91. The number of anilines is 1. The van der Waals surface area contributed by atoms with Crippen LogP contribution in [0.5, 0.6) is 0 Å². The molecular weight excluding hydrogens is 242 g/mol. The van der Waals surface area contributed by atoms with E-state index in [0.29, 0.717) is 25.9 Å². The van der Waals surface area contributed by atoms with Crippen LogP contribution in [0.3, 0.4) is 0 Å². The fourth-order valence-electron chi connectivity index (χ4n) is 2.81. The molecule has 3 rings (SSSR count). The molecule has 2 aliphatic rings. The Morgan fingerprint density at radius 2 is 2.21 bits per heavy atom. The van der Waals surface area contributed by atoms with E-state index < -0.39 is 0 Å². The van der Waals surface area contributed by atoms with Crippen molar-refractivity contribution in [1.82, 2.24) is 10.2 Å². The number of fused-ring (bicyclic) bond motifs is 1. The predicted molar refractivity (Wildman–Crippen MR) is 71.1 cm³/mol. The lowest BCUT2D eigenvalue weighted by Gasteiger charge is -2.31. The molecule has 5 nitrogen and oxygen atoms in total. The first-order chi connectivity index (χ1) is 9.15. The quantitative estimate of drug-likeness (QED) is 0.718. The van der Waals surface area contributed by atoms with E-state index in [4.69, 9.17) is 5.73 Å². The molecule has 1 aromatic rings. The van der Waals surface area contributed by atoms with Crippen LogP contribution in [0, 0.1) is 0 Å². The second-order valence-electron chi connectivity index (χ2n) is 5.15. The Balaban J connectivity index is 1.76. The topological polar surface area (TPSA) is 75.4 Å². The van der Waals surface area contributed by atoms with Crippen molar-refractivity contribution in [1.29, 1.82) is 0 Å². The van der Waals surface area contributed by atoms with Gasteiger partial charge in [-0.2, -0.15) is 0 Å². The summed E-state index contributed by atoms with van der Waals surface area (Å²) in [4.78, 5) is 25.3. The Bertz CT molecular complexity index is 541. The van der Waals surface area contributed by atoms with Crippen LogP contribution in [0.4, 0.5) is 5.69 Å². The lowest BCUT2D eigenvalue weighted by molar-refractivity contribution is -0.135. The van der Waals surface area contributed by atoms with Gasteiger partial charge in [-0.15, -0.1) is 0 Å². The van der Waals surface area contributed by atoms with Crippen LogP contribution < -0.4 is 11.1 Å². The van der Waals surface area contributed by atoms with Crippen molar-refractivity contribution >= 4 is 17.5 Å². The number of nitrogens with zero attached hydrogens (tertiary/aromatic N) is 1. The maximum atomic E-state index is 12.3. The first kappa shape index (κ1) is 12.0. The van der Waals surface area contributed by atoms with Crippen LogP contribution in [0.25, 0.3) is 0 Å². The van der Waals surface area contributed by atoms with Gasteiger partial charge >= 0.3 is 0 Å². The van der Waals surface area contributed by atoms with E-state index >= 15 is 0 Å². The van der Waals surface area contributed by atoms with Gasteiger partial charge in [0.15, 0.2) is 0 Å². The maximum Gasteiger partial charge on any atom is 0.245 e. The smallest absolute Gasteiger partial charge is 0.245 e. The van der Waals surface area contributed by atoms with Crippen LogP contribution in [0.15, 0.2) is 18.2 Å². The summed E-state index contributed by atoms with van der Waals surface area (Å²) in [5, 5.41) is 2.73. The Morgan fingerprint density at radius 3 is 2.95 bits per heavy atom. The largest absolute Gasteiger partial charge is 0.398 e. The van der Waals surface area contributed by atoms with Gasteiger partial charge < -0.3 is 16.0 Å². The highest BCUT2D eigenvalue weighted by molar-refractivity contribution is 5.91. The zero-order valence-electron chi connectivity index (χ0n) is 10.7. The number of carbonyl (C=O) groups excluding carboxylic acids is 2. The molecular formula is C14H17N3O2. The number of hydrogen-bond acceptors (Lipinski definition) is 3. The number of amides is 2. The average Bonchev–Trinajstić information content (AvgIpc) is 2.85. The van der Waals surface area contributed by atoms with E-state index in [1.54, 1.807) is 4.90 Å². The first-order valence-electron chi connectivity index (χ1n) is 6.59. The number of nitrogens with two attached hydrogens (primary N) is 1. The van der Waals surface area contributed by atoms with Crippen molar-refractivity contribution in [2.24, 2.45) is 0 Å². The molecule has 3 N–H and O–H groups in total. The number of carbonyl (C=O) groups is 2. The van der Waals surface area contributed by atoms with Gasteiger partial charge in [-0.25, -0.2) is 0 Å². The van der Waals surface area contributed by atoms with Crippen molar-refractivity contribution in [3.8, 4) is 0 Å². The Hall–Kier alpha value is -2.04. The molecule has 0 bridgehead atoms. The number of hydrogen-bond donors (Lipinski definition) is 2. The molecule has 2 heterocycles. The number of nitrogens with one attached hydrogen (secondary N) is 1. The van der Waals surface area contributed by atoms with Crippen LogP contribution in [-0.4, -0.2) is 29.3 Å². The second-order valence-corrected chi connectivity index (χ2v) is 5.15. The lowest BCUT2D eigenvalue weighted by atomic mass is 9.97. The fraction of sp³-hybridized carbons (Fsp3) is 0.429. The molecule has 5 heteroatoms. The summed E-state index contributed by atoms with van der Waals surface area (Å²) < 4.78 is 0. The minimum absolute atomic E-state index is 0.0137. The molecule has 0 aliphatic carbocycles. The van der Waals surface area contributed by atoms with Gasteiger partial charge in [-0.05, 0) is 30.0 Å². The Morgan fingerprint density at radius 1 is 1.37 bits per heavy atom. The molecule has 1 atom stereocenters. The second kappa shape index (κ2) is 4.57. The SMILES string of the molecule is Nc1cccc2c1CN(C(=O)[C@H]1CCC(=O)N1)CC2. The minimum atomic E-state index is -0.348. The fourth-order valence-corrected chi connectivity index (χ4v) is 2.81. The first-order valence-corrected chi connectivity index (χ1v) is 6.59. The van der Waals surface area contributed by atoms with Crippen LogP contribution >= 0.6 is 0 Å². The monoisotopic (exact) mass is 259 g/mol. The molecule has 0 aromatic heterocycles. The summed E-state index contributed by atoms with van der Waals surface area (Å²) >= 11 is 0. The molecule has 0 saturated carbocycles. The maximum absolute atomic E-state index is 12.3. The highest BCUT2D eigenvalue weighted by atomic mass is 16.2. The van der Waals surface area contributed by atoms with Crippen molar-refractivity contribution < 1.29 is 9.59 Å². The van der Waals surface area contributed by atoms with E-state index in [-0.39, 0.29) is 17.9 Å².